The zero-order valence-corrected chi connectivity index (χ0v) is 17.2. The van der Waals surface area contributed by atoms with E-state index in [4.69, 9.17) is 28.0 Å². The van der Waals surface area contributed by atoms with Crippen molar-refractivity contribution in [2.24, 2.45) is 5.16 Å². The van der Waals surface area contributed by atoms with Crippen molar-refractivity contribution in [2.45, 2.75) is 31.2 Å². The molecule has 0 fully saturated rings. The van der Waals surface area contributed by atoms with Gasteiger partial charge in [-0.05, 0) is 43.2 Å². The first-order valence-electron chi connectivity index (χ1n) is 8.65. The van der Waals surface area contributed by atoms with Crippen LogP contribution in [-0.4, -0.2) is 39.2 Å². The number of pyridine rings is 1. The Kier molecular flexibility index (Phi) is 6.18. The summed E-state index contributed by atoms with van der Waals surface area (Å²) < 4.78 is 42.2. The van der Waals surface area contributed by atoms with Crippen LogP contribution in [0.2, 0.25) is 10.0 Å². The number of aromatic carboxylic acids is 1. The van der Waals surface area contributed by atoms with E-state index in [0.717, 1.165) is 18.2 Å². The van der Waals surface area contributed by atoms with Crippen LogP contribution in [0.15, 0.2) is 35.5 Å². The summed E-state index contributed by atoms with van der Waals surface area (Å²) in [5.74, 6) is 3.43. The van der Waals surface area contributed by atoms with E-state index in [-0.39, 0.29) is 38.3 Å². The lowest BCUT2D eigenvalue weighted by Gasteiger charge is -2.29. The predicted molar refractivity (Wildman–Crippen MR) is 106 cm³/mol. The van der Waals surface area contributed by atoms with E-state index >= 15 is 0 Å². The molecule has 6 nitrogen and oxygen atoms in total. The Hall–Kier alpha value is -2.80. The minimum atomic E-state index is -4.89. The van der Waals surface area contributed by atoms with Crippen LogP contribution in [0.4, 0.5) is 13.2 Å². The molecule has 0 aliphatic carbocycles. The fraction of sp³-hybridized carbons (Fsp3) is 0.250. The first-order chi connectivity index (χ1) is 14.4. The Morgan fingerprint density at radius 2 is 1.90 bits per heavy atom. The van der Waals surface area contributed by atoms with E-state index in [9.17, 15) is 28.2 Å². The zero-order chi connectivity index (χ0) is 23.0. The van der Waals surface area contributed by atoms with Gasteiger partial charge in [0.2, 0.25) is 0 Å². The molecule has 0 radical (unpaired) electrons. The fourth-order valence-electron chi connectivity index (χ4n) is 2.89. The van der Waals surface area contributed by atoms with Gasteiger partial charge in [-0.1, -0.05) is 34.3 Å². The Morgan fingerprint density at radius 1 is 1.26 bits per heavy atom. The Bertz CT molecular complexity index is 1120. The molecule has 2 heterocycles. The van der Waals surface area contributed by atoms with Crippen molar-refractivity contribution in [2.75, 3.05) is 0 Å². The number of hydrogen-bond donors (Lipinski definition) is 2. The number of hydrogen-bond acceptors (Lipinski definition) is 5. The second-order valence-electron chi connectivity index (χ2n) is 6.63. The molecule has 2 aromatic rings. The smallest absolute Gasteiger partial charge is 0.435 e. The number of benzene rings is 1. The number of carbonyl (C=O) groups is 1. The molecular formula is C20H13Cl2F3N2O4. The molecule has 31 heavy (non-hydrogen) atoms. The highest BCUT2D eigenvalue weighted by Gasteiger charge is 2.62. The van der Waals surface area contributed by atoms with E-state index in [1.165, 1.54) is 19.1 Å². The van der Waals surface area contributed by atoms with Crippen LogP contribution in [0, 0.1) is 11.8 Å². The van der Waals surface area contributed by atoms with Gasteiger partial charge < -0.3 is 15.1 Å². The monoisotopic (exact) mass is 472 g/mol. The molecule has 1 aliphatic rings. The maximum atomic E-state index is 14.1. The van der Waals surface area contributed by atoms with E-state index in [0.29, 0.717) is 0 Å². The Labute approximate surface area is 184 Å². The van der Waals surface area contributed by atoms with Gasteiger partial charge in [-0.3, -0.25) is 0 Å². The Morgan fingerprint density at radius 3 is 2.45 bits per heavy atom. The maximum absolute atomic E-state index is 14.1. The molecular weight excluding hydrogens is 460 g/mol. The molecule has 2 unspecified atom stereocenters. The van der Waals surface area contributed by atoms with Gasteiger partial charge in [0, 0.05) is 15.6 Å². The molecule has 162 valence electrons. The number of carboxylic acid groups (broad SMARTS) is 1. The van der Waals surface area contributed by atoms with Crippen LogP contribution in [0.5, 0.6) is 0 Å². The standard InChI is InChI=1S/C20H13Cl2F3N2O4/c1-10(28)2-4-15-14(18(29)30)3-5-16(26-15)17-9-19(31-27-17,20(23,24)25)11-6-12(21)8-13(22)7-11/h3,5-8,10,28H,9H2,1H3,(H,29,30). The lowest BCUT2D eigenvalue weighted by molar-refractivity contribution is -0.275. The van der Waals surface area contributed by atoms with Gasteiger partial charge in [0.1, 0.15) is 17.5 Å². The summed E-state index contributed by atoms with van der Waals surface area (Å²) in [4.78, 5) is 20.3. The van der Waals surface area contributed by atoms with Crippen LogP contribution >= 0.6 is 23.2 Å². The van der Waals surface area contributed by atoms with Crippen LogP contribution in [-0.2, 0) is 10.4 Å². The van der Waals surface area contributed by atoms with Crippen molar-refractivity contribution >= 4 is 34.9 Å². The van der Waals surface area contributed by atoms with Crippen molar-refractivity contribution in [1.82, 2.24) is 4.98 Å². The zero-order valence-electron chi connectivity index (χ0n) is 15.7. The first-order valence-corrected chi connectivity index (χ1v) is 9.41. The molecule has 3 rings (SSSR count). The number of oxime groups is 1. The third kappa shape index (κ3) is 4.61. The number of halogens is 5. The van der Waals surface area contributed by atoms with Gasteiger partial charge in [0.05, 0.1) is 17.7 Å². The van der Waals surface area contributed by atoms with Gasteiger partial charge in [-0.25, -0.2) is 9.78 Å². The molecule has 0 bridgehead atoms. The van der Waals surface area contributed by atoms with E-state index in [1.54, 1.807) is 0 Å². The van der Waals surface area contributed by atoms with Crippen molar-refractivity contribution in [3.63, 3.8) is 0 Å². The summed E-state index contributed by atoms with van der Waals surface area (Å²) in [5.41, 5.74) is -3.93. The first kappa shape index (κ1) is 22.9. The molecule has 0 saturated heterocycles. The summed E-state index contributed by atoms with van der Waals surface area (Å²) in [5, 5.41) is 22.1. The van der Waals surface area contributed by atoms with Crippen LogP contribution in [0.1, 0.15) is 40.7 Å². The highest BCUT2D eigenvalue weighted by Crippen LogP contribution is 2.49. The quantitative estimate of drug-likeness (QED) is 0.645. The minimum Gasteiger partial charge on any atom is -0.478 e. The predicted octanol–water partition coefficient (Wildman–Crippen LogP) is 4.40. The number of aromatic nitrogens is 1. The summed E-state index contributed by atoms with van der Waals surface area (Å²) in [7, 11) is 0. The average molecular weight is 473 g/mol. The summed E-state index contributed by atoms with van der Waals surface area (Å²) in [6.45, 7) is 1.36. The SMILES string of the molecule is CC(O)C#Cc1nc(C2=NOC(c3cc(Cl)cc(Cl)c3)(C(F)(F)F)C2)ccc1C(=O)O. The highest BCUT2D eigenvalue weighted by atomic mass is 35.5. The van der Waals surface area contributed by atoms with E-state index in [2.05, 4.69) is 22.0 Å². The molecule has 2 N–H and O–H groups in total. The molecule has 2 atom stereocenters. The van der Waals surface area contributed by atoms with Crippen LogP contribution in [0.25, 0.3) is 0 Å². The van der Waals surface area contributed by atoms with Gasteiger partial charge in [0.25, 0.3) is 5.60 Å². The minimum absolute atomic E-state index is 0.0113. The molecule has 1 aromatic heterocycles. The largest absolute Gasteiger partial charge is 0.478 e. The Balaban J connectivity index is 2.05. The second-order valence-corrected chi connectivity index (χ2v) is 7.50. The van der Waals surface area contributed by atoms with Gasteiger partial charge in [0.15, 0.2) is 0 Å². The van der Waals surface area contributed by atoms with Crippen LogP contribution in [0.3, 0.4) is 0 Å². The number of carboxylic acids is 1. The molecule has 1 aliphatic heterocycles. The lowest BCUT2D eigenvalue weighted by Crippen LogP contribution is -2.42. The molecule has 0 saturated carbocycles. The average Bonchev–Trinajstić information content (AvgIpc) is 3.12. The van der Waals surface area contributed by atoms with E-state index < -0.39 is 30.3 Å². The lowest BCUT2D eigenvalue weighted by atomic mass is 9.87. The number of nitrogens with zero attached hydrogens (tertiary/aromatic N) is 2. The van der Waals surface area contributed by atoms with Crippen molar-refractivity contribution in [1.29, 1.82) is 0 Å². The van der Waals surface area contributed by atoms with Crippen molar-refractivity contribution in [3.8, 4) is 11.8 Å². The van der Waals surface area contributed by atoms with Crippen LogP contribution < -0.4 is 0 Å². The molecule has 11 heteroatoms. The number of aliphatic hydroxyl groups is 1. The topological polar surface area (TPSA) is 92.0 Å². The number of aliphatic hydroxyl groups excluding tert-OH is 1. The van der Waals surface area contributed by atoms with Gasteiger partial charge in [-0.2, -0.15) is 13.2 Å². The van der Waals surface area contributed by atoms with Gasteiger partial charge in [-0.15, -0.1) is 0 Å². The summed E-state index contributed by atoms with van der Waals surface area (Å²) in [6, 6.07) is 5.80. The second kappa shape index (κ2) is 8.38. The fourth-order valence-corrected chi connectivity index (χ4v) is 3.41. The van der Waals surface area contributed by atoms with E-state index in [1.807, 2.05) is 0 Å². The third-order valence-corrected chi connectivity index (χ3v) is 4.77. The van der Waals surface area contributed by atoms with Gasteiger partial charge >= 0.3 is 12.1 Å². The normalized spacial score (nSPS) is 19.1. The molecule has 0 amide bonds. The molecule has 0 spiro atoms. The van der Waals surface area contributed by atoms with Crippen molar-refractivity contribution < 1.29 is 33.0 Å². The highest BCUT2D eigenvalue weighted by molar-refractivity contribution is 6.34. The summed E-state index contributed by atoms with van der Waals surface area (Å²) in [6.07, 6.45) is -6.71. The molecule has 1 aromatic carbocycles. The summed E-state index contributed by atoms with van der Waals surface area (Å²) >= 11 is 11.7. The number of rotatable bonds is 3. The third-order valence-electron chi connectivity index (χ3n) is 4.34. The number of alkyl halides is 3. The maximum Gasteiger partial charge on any atom is 0.435 e. The van der Waals surface area contributed by atoms with Crippen molar-refractivity contribution in [3.05, 3.63) is 62.9 Å².